The standard InChI is InChI=1S/C11H18N2O3S/c1-9(2)12-17(14,15)13-6-5-10(8-13)11-4-3-7-16-11/h3-4,7,9-10,12H,5-6,8H2,1-2H3. The van der Waals surface area contributed by atoms with Crippen molar-refractivity contribution in [3.63, 3.8) is 0 Å². The van der Waals surface area contributed by atoms with Gasteiger partial charge in [-0.15, -0.1) is 0 Å². The lowest BCUT2D eigenvalue weighted by atomic mass is 10.1. The highest BCUT2D eigenvalue weighted by Gasteiger charge is 2.33. The van der Waals surface area contributed by atoms with E-state index in [1.807, 2.05) is 26.0 Å². The predicted octanol–water partition coefficient (Wildman–Crippen LogP) is 1.31. The number of rotatable bonds is 4. The van der Waals surface area contributed by atoms with Gasteiger partial charge in [0, 0.05) is 25.0 Å². The van der Waals surface area contributed by atoms with Gasteiger partial charge in [0.15, 0.2) is 0 Å². The lowest BCUT2D eigenvalue weighted by molar-refractivity contribution is 0.436. The van der Waals surface area contributed by atoms with Crippen molar-refractivity contribution in [2.24, 2.45) is 0 Å². The van der Waals surface area contributed by atoms with Crippen molar-refractivity contribution in [2.45, 2.75) is 32.2 Å². The molecule has 96 valence electrons. The zero-order valence-electron chi connectivity index (χ0n) is 10.1. The van der Waals surface area contributed by atoms with Gasteiger partial charge in [-0.05, 0) is 32.4 Å². The van der Waals surface area contributed by atoms with Crippen molar-refractivity contribution < 1.29 is 12.8 Å². The molecule has 1 aliphatic heterocycles. The van der Waals surface area contributed by atoms with E-state index in [0.29, 0.717) is 13.1 Å². The van der Waals surface area contributed by atoms with E-state index in [2.05, 4.69) is 4.72 Å². The van der Waals surface area contributed by atoms with Crippen LogP contribution in [-0.4, -0.2) is 31.9 Å². The summed E-state index contributed by atoms with van der Waals surface area (Å²) in [4.78, 5) is 0. The van der Waals surface area contributed by atoms with Crippen molar-refractivity contribution in [3.8, 4) is 0 Å². The van der Waals surface area contributed by atoms with E-state index in [4.69, 9.17) is 4.42 Å². The molecule has 1 unspecified atom stereocenters. The Morgan fingerprint density at radius 2 is 2.29 bits per heavy atom. The number of nitrogens with one attached hydrogen (secondary N) is 1. The summed E-state index contributed by atoms with van der Waals surface area (Å²) in [6.07, 6.45) is 2.44. The molecule has 2 rings (SSSR count). The summed E-state index contributed by atoms with van der Waals surface area (Å²) in [5.74, 6) is 1.04. The number of hydrogen-bond acceptors (Lipinski definition) is 3. The van der Waals surface area contributed by atoms with Crippen molar-refractivity contribution in [2.75, 3.05) is 13.1 Å². The molecule has 6 heteroatoms. The Morgan fingerprint density at radius 3 is 2.88 bits per heavy atom. The lowest BCUT2D eigenvalue weighted by Gasteiger charge is -2.18. The third kappa shape index (κ3) is 2.88. The molecule has 0 saturated carbocycles. The summed E-state index contributed by atoms with van der Waals surface area (Å²) in [6.45, 7) is 4.68. The maximum Gasteiger partial charge on any atom is 0.279 e. The first-order chi connectivity index (χ1) is 7.99. The molecule has 0 amide bonds. The first kappa shape index (κ1) is 12.6. The van der Waals surface area contributed by atoms with Gasteiger partial charge in [0.05, 0.1) is 6.26 Å². The van der Waals surface area contributed by atoms with Crippen LogP contribution in [0, 0.1) is 0 Å². The van der Waals surface area contributed by atoms with Gasteiger partial charge in [-0.3, -0.25) is 0 Å². The van der Waals surface area contributed by atoms with E-state index in [1.165, 1.54) is 4.31 Å². The summed E-state index contributed by atoms with van der Waals surface area (Å²) in [5, 5.41) is 0. The Kier molecular flexibility index (Phi) is 3.56. The van der Waals surface area contributed by atoms with Crippen LogP contribution in [0.5, 0.6) is 0 Å². The van der Waals surface area contributed by atoms with Crippen LogP contribution in [0.3, 0.4) is 0 Å². The van der Waals surface area contributed by atoms with E-state index < -0.39 is 10.2 Å². The fourth-order valence-electron chi connectivity index (χ4n) is 2.07. The summed E-state index contributed by atoms with van der Waals surface area (Å²) < 4.78 is 33.3. The largest absolute Gasteiger partial charge is 0.469 e. The zero-order valence-corrected chi connectivity index (χ0v) is 10.9. The van der Waals surface area contributed by atoms with Crippen LogP contribution in [-0.2, 0) is 10.2 Å². The minimum atomic E-state index is -3.34. The third-order valence-corrected chi connectivity index (χ3v) is 4.60. The number of furan rings is 1. The van der Waals surface area contributed by atoms with Gasteiger partial charge in [-0.2, -0.15) is 17.4 Å². The molecule has 0 bridgehead atoms. The molecule has 1 aromatic rings. The summed E-state index contributed by atoms with van der Waals surface area (Å²) >= 11 is 0. The molecular formula is C11H18N2O3S. The van der Waals surface area contributed by atoms with Crippen LogP contribution in [0.25, 0.3) is 0 Å². The van der Waals surface area contributed by atoms with Gasteiger partial charge in [0.25, 0.3) is 10.2 Å². The van der Waals surface area contributed by atoms with Crippen LogP contribution in [0.2, 0.25) is 0 Å². The highest BCUT2D eigenvalue weighted by molar-refractivity contribution is 7.87. The average molecular weight is 258 g/mol. The average Bonchev–Trinajstić information content (AvgIpc) is 2.87. The predicted molar refractivity (Wildman–Crippen MR) is 64.8 cm³/mol. The van der Waals surface area contributed by atoms with E-state index in [1.54, 1.807) is 6.26 Å². The molecule has 0 aliphatic carbocycles. The van der Waals surface area contributed by atoms with Crippen LogP contribution in [0.15, 0.2) is 22.8 Å². The molecule has 1 N–H and O–H groups in total. The normalized spacial score (nSPS) is 22.4. The monoisotopic (exact) mass is 258 g/mol. The first-order valence-electron chi connectivity index (χ1n) is 5.80. The molecule has 2 heterocycles. The smallest absolute Gasteiger partial charge is 0.279 e. The molecule has 5 nitrogen and oxygen atoms in total. The molecule has 1 aromatic heterocycles. The second-order valence-electron chi connectivity index (χ2n) is 4.64. The molecule has 0 spiro atoms. The molecular weight excluding hydrogens is 240 g/mol. The van der Waals surface area contributed by atoms with Gasteiger partial charge < -0.3 is 4.42 Å². The Hall–Kier alpha value is -0.850. The molecule has 17 heavy (non-hydrogen) atoms. The Balaban J connectivity index is 2.03. The maximum atomic E-state index is 11.9. The Bertz CT molecular complexity index is 453. The Labute approximate surface area is 102 Å². The lowest BCUT2D eigenvalue weighted by Crippen LogP contribution is -2.42. The van der Waals surface area contributed by atoms with E-state index >= 15 is 0 Å². The molecule has 1 fully saturated rings. The van der Waals surface area contributed by atoms with Crippen molar-refractivity contribution in [1.29, 1.82) is 0 Å². The van der Waals surface area contributed by atoms with E-state index in [0.717, 1.165) is 12.2 Å². The van der Waals surface area contributed by atoms with Crippen molar-refractivity contribution >= 4 is 10.2 Å². The van der Waals surface area contributed by atoms with Gasteiger partial charge in [0.1, 0.15) is 5.76 Å². The molecule has 0 radical (unpaired) electrons. The van der Waals surface area contributed by atoms with Crippen molar-refractivity contribution in [1.82, 2.24) is 9.03 Å². The molecule has 1 saturated heterocycles. The summed E-state index contributed by atoms with van der Waals surface area (Å²) in [6, 6.07) is 3.65. The van der Waals surface area contributed by atoms with Gasteiger partial charge in [-0.25, -0.2) is 0 Å². The van der Waals surface area contributed by atoms with Gasteiger partial charge in [0.2, 0.25) is 0 Å². The highest BCUT2D eigenvalue weighted by atomic mass is 32.2. The summed E-state index contributed by atoms with van der Waals surface area (Å²) in [5.41, 5.74) is 0. The second kappa shape index (κ2) is 4.80. The second-order valence-corrected chi connectivity index (χ2v) is 6.34. The molecule has 0 aromatic carbocycles. The third-order valence-electron chi connectivity index (χ3n) is 2.82. The number of hydrogen-bond donors (Lipinski definition) is 1. The fraction of sp³-hybridized carbons (Fsp3) is 0.636. The van der Waals surface area contributed by atoms with Crippen LogP contribution in [0.1, 0.15) is 31.9 Å². The first-order valence-corrected chi connectivity index (χ1v) is 7.24. The van der Waals surface area contributed by atoms with Gasteiger partial charge >= 0.3 is 0 Å². The highest BCUT2D eigenvalue weighted by Crippen LogP contribution is 2.28. The van der Waals surface area contributed by atoms with Crippen LogP contribution < -0.4 is 4.72 Å². The fourth-order valence-corrected chi connectivity index (χ4v) is 3.54. The van der Waals surface area contributed by atoms with E-state index in [-0.39, 0.29) is 12.0 Å². The van der Waals surface area contributed by atoms with Crippen molar-refractivity contribution in [3.05, 3.63) is 24.2 Å². The van der Waals surface area contributed by atoms with Crippen LogP contribution in [0.4, 0.5) is 0 Å². The van der Waals surface area contributed by atoms with Crippen LogP contribution >= 0.6 is 0 Å². The Morgan fingerprint density at radius 1 is 1.53 bits per heavy atom. The summed E-state index contributed by atoms with van der Waals surface area (Å²) in [7, 11) is -3.34. The molecule has 1 atom stereocenters. The SMILES string of the molecule is CC(C)NS(=O)(=O)N1CCC(c2ccco2)C1. The topological polar surface area (TPSA) is 62.6 Å². The zero-order chi connectivity index (χ0) is 12.5. The minimum absolute atomic E-state index is 0.0809. The minimum Gasteiger partial charge on any atom is -0.469 e. The molecule has 1 aliphatic rings. The van der Waals surface area contributed by atoms with Gasteiger partial charge in [-0.1, -0.05) is 0 Å². The van der Waals surface area contributed by atoms with E-state index in [9.17, 15) is 8.42 Å². The maximum absolute atomic E-state index is 11.9. The quantitative estimate of drug-likeness (QED) is 0.885. The number of nitrogens with zero attached hydrogens (tertiary/aromatic N) is 1.